The number of carbonyl (C=O) groups excluding carboxylic acids is 1. The van der Waals surface area contributed by atoms with Crippen LogP contribution in [0, 0.1) is 0 Å². The zero-order chi connectivity index (χ0) is 15.7. The summed E-state index contributed by atoms with van der Waals surface area (Å²) in [5.74, 6) is -0.0896. The van der Waals surface area contributed by atoms with E-state index in [1.807, 2.05) is 16.7 Å². The van der Waals surface area contributed by atoms with E-state index in [9.17, 15) is 9.59 Å². The molecule has 4 nitrogen and oxygen atoms in total. The minimum absolute atomic E-state index is 0.0407. The molecule has 22 heavy (non-hydrogen) atoms. The molecule has 2 atom stereocenters. The van der Waals surface area contributed by atoms with Crippen LogP contribution in [0.1, 0.15) is 46.4 Å². The number of carboxylic acids is 1. The van der Waals surface area contributed by atoms with Crippen LogP contribution in [0.2, 0.25) is 0 Å². The van der Waals surface area contributed by atoms with Crippen LogP contribution in [-0.4, -0.2) is 45.5 Å². The van der Waals surface area contributed by atoms with E-state index in [0.29, 0.717) is 21.3 Å². The largest absolute Gasteiger partial charge is 0.478 e. The Hall–Kier alpha value is -1.01. The molecular formula is C16H18BrNO3S. The van der Waals surface area contributed by atoms with Gasteiger partial charge in [0.15, 0.2) is 0 Å². The molecule has 0 radical (unpaired) electrons. The topological polar surface area (TPSA) is 57.6 Å². The first-order valence-electron chi connectivity index (χ1n) is 7.53. The van der Waals surface area contributed by atoms with E-state index in [-0.39, 0.29) is 11.5 Å². The monoisotopic (exact) mass is 383 g/mol. The average molecular weight is 384 g/mol. The minimum Gasteiger partial charge on any atom is -0.478 e. The number of hydrogen-bond acceptors (Lipinski definition) is 3. The predicted octanol–water partition coefficient (Wildman–Crippen LogP) is 3.65. The van der Waals surface area contributed by atoms with Crippen molar-refractivity contribution >= 4 is 39.6 Å². The molecule has 1 aromatic rings. The Balaban J connectivity index is 1.88. The Morgan fingerprint density at radius 1 is 1.18 bits per heavy atom. The number of carbonyl (C=O) groups is 2. The molecule has 0 spiro atoms. The quantitative estimate of drug-likeness (QED) is 0.846. The maximum Gasteiger partial charge on any atom is 0.335 e. The van der Waals surface area contributed by atoms with Gasteiger partial charge in [0.2, 0.25) is 0 Å². The van der Waals surface area contributed by atoms with Crippen molar-refractivity contribution < 1.29 is 14.7 Å². The van der Waals surface area contributed by atoms with Gasteiger partial charge >= 0.3 is 5.97 Å². The zero-order valence-corrected chi connectivity index (χ0v) is 14.5. The first-order valence-corrected chi connectivity index (χ1v) is 9.37. The molecule has 1 aromatic carbocycles. The highest BCUT2D eigenvalue weighted by molar-refractivity contribution is 9.10. The van der Waals surface area contributed by atoms with E-state index in [0.717, 1.165) is 18.7 Å². The first-order chi connectivity index (χ1) is 10.6. The molecule has 2 fully saturated rings. The fourth-order valence-corrected chi connectivity index (χ4v) is 5.29. The molecule has 1 aliphatic heterocycles. The van der Waals surface area contributed by atoms with Gasteiger partial charge in [-0.3, -0.25) is 4.79 Å². The molecule has 1 aliphatic carbocycles. The zero-order valence-electron chi connectivity index (χ0n) is 12.1. The summed E-state index contributed by atoms with van der Waals surface area (Å²) in [4.78, 5) is 26.0. The number of nitrogens with zero attached hydrogens (tertiary/aromatic N) is 1. The number of carboxylic acid groups (broad SMARTS) is 1. The van der Waals surface area contributed by atoms with Crippen molar-refractivity contribution in [1.29, 1.82) is 0 Å². The van der Waals surface area contributed by atoms with Crippen molar-refractivity contribution in [2.45, 2.75) is 37.0 Å². The second kappa shape index (κ2) is 6.62. The Bertz CT molecular complexity index is 605. The van der Waals surface area contributed by atoms with Gasteiger partial charge in [-0.1, -0.05) is 28.8 Å². The summed E-state index contributed by atoms with van der Waals surface area (Å²) >= 11 is 5.28. The van der Waals surface area contributed by atoms with E-state index in [4.69, 9.17) is 5.11 Å². The molecule has 2 aliphatic rings. The second-order valence-corrected chi connectivity index (χ2v) is 8.06. The Labute approximate surface area is 142 Å². The first kappa shape index (κ1) is 15.9. The van der Waals surface area contributed by atoms with Crippen LogP contribution in [0.3, 0.4) is 0 Å². The molecule has 1 N–H and O–H groups in total. The van der Waals surface area contributed by atoms with Crippen molar-refractivity contribution in [2.75, 3.05) is 12.3 Å². The second-order valence-electron chi connectivity index (χ2n) is 5.79. The van der Waals surface area contributed by atoms with Gasteiger partial charge in [0.1, 0.15) is 0 Å². The van der Waals surface area contributed by atoms with Crippen molar-refractivity contribution in [3.63, 3.8) is 0 Å². The Morgan fingerprint density at radius 3 is 2.68 bits per heavy atom. The summed E-state index contributed by atoms with van der Waals surface area (Å²) in [6.45, 7) is 0.750. The number of rotatable bonds is 2. The summed E-state index contributed by atoms with van der Waals surface area (Å²) in [6, 6.07) is 5.02. The van der Waals surface area contributed by atoms with Gasteiger partial charge < -0.3 is 10.0 Å². The number of thioether (sulfide) groups is 1. The third-order valence-corrected chi connectivity index (χ3v) is 6.24. The van der Waals surface area contributed by atoms with Crippen LogP contribution in [0.4, 0.5) is 0 Å². The van der Waals surface area contributed by atoms with Crippen molar-refractivity contribution in [1.82, 2.24) is 4.90 Å². The van der Waals surface area contributed by atoms with Gasteiger partial charge in [-0.15, -0.1) is 0 Å². The van der Waals surface area contributed by atoms with Gasteiger partial charge in [-0.25, -0.2) is 4.79 Å². The normalized spacial score (nSPS) is 24.7. The Kier molecular flexibility index (Phi) is 4.78. The van der Waals surface area contributed by atoms with E-state index in [1.165, 1.54) is 31.4 Å². The molecule has 2 unspecified atom stereocenters. The standard InChI is InChI=1S/C16H18BrNO3S/c17-12-8-10(7-11(9-12)16(20)21)15(19)18-5-6-22-14-4-2-1-3-13(14)18/h7-9,13-14H,1-6H2,(H,20,21). The number of halogens is 1. The summed E-state index contributed by atoms with van der Waals surface area (Å²) in [6.07, 6.45) is 4.65. The number of benzene rings is 1. The lowest BCUT2D eigenvalue weighted by molar-refractivity contribution is 0.0646. The maximum atomic E-state index is 12.9. The molecule has 1 saturated heterocycles. The lowest BCUT2D eigenvalue weighted by Gasteiger charge is -2.43. The highest BCUT2D eigenvalue weighted by Gasteiger charge is 2.36. The van der Waals surface area contributed by atoms with Gasteiger partial charge in [0.25, 0.3) is 5.91 Å². The molecule has 0 bridgehead atoms. The predicted molar refractivity (Wildman–Crippen MR) is 90.6 cm³/mol. The van der Waals surface area contributed by atoms with E-state index >= 15 is 0 Å². The molecule has 1 amide bonds. The number of aromatic carboxylic acids is 1. The summed E-state index contributed by atoms with van der Waals surface area (Å²) < 4.78 is 0.627. The molecular weight excluding hydrogens is 366 g/mol. The van der Waals surface area contributed by atoms with Gasteiger partial charge in [0, 0.05) is 33.6 Å². The molecule has 118 valence electrons. The molecule has 1 saturated carbocycles. The van der Waals surface area contributed by atoms with Crippen molar-refractivity contribution in [3.8, 4) is 0 Å². The lowest BCUT2D eigenvalue weighted by atomic mass is 9.92. The summed E-state index contributed by atoms with van der Waals surface area (Å²) in [7, 11) is 0. The van der Waals surface area contributed by atoms with E-state index in [1.54, 1.807) is 6.07 Å². The summed E-state index contributed by atoms with van der Waals surface area (Å²) in [5, 5.41) is 9.70. The molecule has 3 rings (SSSR count). The molecule has 6 heteroatoms. The minimum atomic E-state index is -1.01. The highest BCUT2D eigenvalue weighted by atomic mass is 79.9. The highest BCUT2D eigenvalue weighted by Crippen LogP contribution is 2.36. The van der Waals surface area contributed by atoms with Gasteiger partial charge in [-0.2, -0.15) is 11.8 Å². The van der Waals surface area contributed by atoms with Crippen LogP contribution in [0.5, 0.6) is 0 Å². The lowest BCUT2D eigenvalue weighted by Crippen LogP contribution is -2.51. The van der Waals surface area contributed by atoms with E-state index in [2.05, 4.69) is 15.9 Å². The van der Waals surface area contributed by atoms with Crippen LogP contribution in [-0.2, 0) is 0 Å². The fraction of sp³-hybridized carbons (Fsp3) is 0.500. The summed E-state index contributed by atoms with van der Waals surface area (Å²) in [5.41, 5.74) is 0.604. The van der Waals surface area contributed by atoms with Crippen LogP contribution < -0.4 is 0 Å². The van der Waals surface area contributed by atoms with Gasteiger partial charge in [0.05, 0.1) is 5.56 Å². The SMILES string of the molecule is O=C(O)c1cc(Br)cc(C(=O)N2CCSC3CCCCC32)c1. The molecule has 1 heterocycles. The van der Waals surface area contributed by atoms with Crippen LogP contribution >= 0.6 is 27.7 Å². The molecule has 0 aromatic heterocycles. The van der Waals surface area contributed by atoms with Crippen molar-refractivity contribution in [3.05, 3.63) is 33.8 Å². The van der Waals surface area contributed by atoms with Crippen LogP contribution in [0.15, 0.2) is 22.7 Å². The third kappa shape index (κ3) is 3.18. The number of amides is 1. The number of fused-ring (bicyclic) bond motifs is 1. The smallest absolute Gasteiger partial charge is 0.335 e. The maximum absolute atomic E-state index is 12.9. The van der Waals surface area contributed by atoms with Crippen LogP contribution in [0.25, 0.3) is 0 Å². The Morgan fingerprint density at radius 2 is 1.91 bits per heavy atom. The fourth-order valence-electron chi connectivity index (χ4n) is 3.35. The van der Waals surface area contributed by atoms with Crippen molar-refractivity contribution in [2.24, 2.45) is 0 Å². The average Bonchev–Trinajstić information content (AvgIpc) is 2.53. The van der Waals surface area contributed by atoms with Gasteiger partial charge in [-0.05, 0) is 31.0 Å². The number of hydrogen-bond donors (Lipinski definition) is 1. The third-order valence-electron chi connectivity index (χ3n) is 4.38. The van der Waals surface area contributed by atoms with E-state index < -0.39 is 5.97 Å².